The molecular weight excluding hydrogens is 392 g/mol. The van der Waals surface area contributed by atoms with Gasteiger partial charge in [0.1, 0.15) is 11.5 Å². The molecule has 0 unspecified atom stereocenters. The molecule has 158 valence electrons. The van der Waals surface area contributed by atoms with Crippen LogP contribution in [0.15, 0.2) is 47.4 Å². The number of benzene rings is 2. The van der Waals surface area contributed by atoms with Crippen LogP contribution >= 0.6 is 0 Å². The van der Waals surface area contributed by atoms with Crippen molar-refractivity contribution in [2.24, 2.45) is 0 Å². The molecule has 0 atom stereocenters. The van der Waals surface area contributed by atoms with Crippen LogP contribution in [0.3, 0.4) is 0 Å². The minimum atomic E-state index is -3.79. The third kappa shape index (κ3) is 5.95. The van der Waals surface area contributed by atoms with Gasteiger partial charge in [0.25, 0.3) is 0 Å². The summed E-state index contributed by atoms with van der Waals surface area (Å²) in [6, 6.07) is 12.0. The van der Waals surface area contributed by atoms with Crippen LogP contribution in [0.2, 0.25) is 0 Å². The summed E-state index contributed by atoms with van der Waals surface area (Å²) >= 11 is 0. The van der Waals surface area contributed by atoms with E-state index >= 15 is 0 Å². The highest BCUT2D eigenvalue weighted by molar-refractivity contribution is 7.89. The van der Waals surface area contributed by atoms with Crippen LogP contribution in [0.5, 0.6) is 11.5 Å². The highest BCUT2D eigenvalue weighted by atomic mass is 32.2. The van der Waals surface area contributed by atoms with Crippen molar-refractivity contribution in [2.75, 3.05) is 26.8 Å². The van der Waals surface area contributed by atoms with Gasteiger partial charge in [-0.15, -0.1) is 0 Å². The number of nitrogens with zero attached hydrogens (tertiary/aromatic N) is 1. The van der Waals surface area contributed by atoms with E-state index in [1.54, 1.807) is 45.2 Å². The van der Waals surface area contributed by atoms with Crippen LogP contribution < -0.4 is 14.8 Å². The molecule has 0 aliphatic heterocycles. The second-order valence-electron chi connectivity index (χ2n) is 6.42. The van der Waals surface area contributed by atoms with E-state index in [-0.39, 0.29) is 23.9 Å². The zero-order valence-electron chi connectivity index (χ0n) is 17.3. The highest BCUT2D eigenvalue weighted by Crippen LogP contribution is 2.24. The number of likely N-dealkylation sites (N-methyl/N-ethyl adjacent to an activating group) is 1. The summed E-state index contributed by atoms with van der Waals surface area (Å²) in [5.74, 6) is 1.01. The third-order valence-electron chi connectivity index (χ3n) is 4.41. The molecule has 2 aromatic rings. The zero-order valence-corrected chi connectivity index (χ0v) is 18.1. The molecule has 2 rings (SSSR count). The predicted octanol–water partition coefficient (Wildman–Crippen LogP) is 2.73. The topological polar surface area (TPSA) is 84.9 Å². The van der Waals surface area contributed by atoms with Crippen molar-refractivity contribution in [3.63, 3.8) is 0 Å². The first-order valence-corrected chi connectivity index (χ1v) is 10.9. The average Bonchev–Trinajstić information content (AvgIpc) is 2.72. The Hall–Kier alpha value is -2.58. The lowest BCUT2D eigenvalue weighted by Gasteiger charge is -2.21. The fraction of sp³-hybridized carbons (Fsp3) is 0.381. The number of rotatable bonds is 10. The van der Waals surface area contributed by atoms with Crippen LogP contribution in [0, 0.1) is 6.92 Å². The van der Waals surface area contributed by atoms with Crippen molar-refractivity contribution in [3.05, 3.63) is 53.6 Å². The van der Waals surface area contributed by atoms with Crippen molar-refractivity contribution < 1.29 is 22.7 Å². The first-order valence-electron chi connectivity index (χ1n) is 9.45. The smallest absolute Gasteiger partial charge is 0.243 e. The number of amides is 1. The van der Waals surface area contributed by atoms with Crippen molar-refractivity contribution >= 4 is 15.9 Å². The Morgan fingerprint density at radius 2 is 1.79 bits per heavy atom. The Labute approximate surface area is 172 Å². The van der Waals surface area contributed by atoms with Gasteiger partial charge < -0.3 is 14.8 Å². The van der Waals surface area contributed by atoms with Gasteiger partial charge in [-0.05, 0) is 55.3 Å². The lowest BCUT2D eigenvalue weighted by atomic mass is 10.2. The highest BCUT2D eigenvalue weighted by Gasteiger charge is 2.25. The maximum atomic E-state index is 13.0. The number of carbonyl (C=O) groups is 1. The fourth-order valence-corrected chi connectivity index (χ4v) is 4.27. The molecule has 0 aromatic heterocycles. The molecule has 0 aliphatic carbocycles. The van der Waals surface area contributed by atoms with Gasteiger partial charge in [0.15, 0.2) is 0 Å². The number of hydrogen-bond donors (Lipinski definition) is 1. The first-order chi connectivity index (χ1) is 13.8. The van der Waals surface area contributed by atoms with Gasteiger partial charge in [0.05, 0.1) is 25.2 Å². The lowest BCUT2D eigenvalue weighted by molar-refractivity contribution is -0.121. The normalized spacial score (nSPS) is 11.3. The molecule has 1 N–H and O–H groups in total. The minimum Gasteiger partial charge on any atom is -0.497 e. The summed E-state index contributed by atoms with van der Waals surface area (Å²) in [4.78, 5) is 12.5. The number of sulfonamides is 1. The molecule has 0 saturated heterocycles. The van der Waals surface area contributed by atoms with Crippen LogP contribution in [0.1, 0.15) is 25.0 Å². The number of hydrogen-bond acceptors (Lipinski definition) is 5. The van der Waals surface area contributed by atoms with Crippen molar-refractivity contribution in [2.45, 2.75) is 32.2 Å². The molecule has 29 heavy (non-hydrogen) atoms. The molecule has 0 heterocycles. The van der Waals surface area contributed by atoms with Crippen LogP contribution in [-0.4, -0.2) is 45.4 Å². The Bertz CT molecular complexity index is 927. The number of nitrogens with one attached hydrogen (secondary N) is 1. The van der Waals surface area contributed by atoms with Crippen LogP contribution in [0.4, 0.5) is 0 Å². The van der Waals surface area contributed by atoms with Crippen LogP contribution in [0.25, 0.3) is 0 Å². The van der Waals surface area contributed by atoms with Crippen molar-refractivity contribution in [3.8, 4) is 11.5 Å². The monoisotopic (exact) mass is 420 g/mol. The average molecular weight is 421 g/mol. The lowest BCUT2D eigenvalue weighted by Crippen LogP contribution is -2.40. The number of aryl methyl sites for hydroxylation is 1. The molecule has 2 aromatic carbocycles. The molecular formula is C21H28N2O5S. The summed E-state index contributed by atoms with van der Waals surface area (Å²) in [5.41, 5.74) is 1.63. The molecule has 7 nitrogen and oxygen atoms in total. The van der Waals surface area contributed by atoms with E-state index in [9.17, 15) is 13.2 Å². The van der Waals surface area contributed by atoms with E-state index in [4.69, 9.17) is 9.47 Å². The Balaban J connectivity index is 2.04. The Kier molecular flexibility index (Phi) is 8.04. The molecule has 0 fully saturated rings. The number of ether oxygens (including phenoxy) is 2. The molecule has 8 heteroatoms. The standard InChI is InChI=1S/C21H28N2O5S/c1-5-23(15-21(24)22-14-17-7-9-18(27-4)10-8-17)29(25,26)19-11-12-20(28-6-2)16(3)13-19/h7-13H,5-6,14-15H2,1-4H3,(H,22,24). The number of methoxy groups -OCH3 is 1. The fourth-order valence-electron chi connectivity index (χ4n) is 2.78. The summed E-state index contributed by atoms with van der Waals surface area (Å²) in [6.45, 7) is 6.11. The SMILES string of the molecule is CCOc1ccc(S(=O)(=O)N(CC)CC(=O)NCc2ccc(OC)cc2)cc1C. The summed E-state index contributed by atoms with van der Waals surface area (Å²) < 4.78 is 37.6. The minimum absolute atomic E-state index is 0.142. The van der Waals surface area contributed by atoms with Crippen molar-refractivity contribution in [1.29, 1.82) is 0 Å². The Morgan fingerprint density at radius 1 is 1.10 bits per heavy atom. The summed E-state index contributed by atoms with van der Waals surface area (Å²) in [5, 5.41) is 2.76. The third-order valence-corrected chi connectivity index (χ3v) is 6.32. The largest absolute Gasteiger partial charge is 0.497 e. The van der Waals surface area contributed by atoms with E-state index in [0.29, 0.717) is 18.9 Å². The van der Waals surface area contributed by atoms with Crippen LogP contribution in [-0.2, 0) is 21.4 Å². The Morgan fingerprint density at radius 3 is 2.34 bits per heavy atom. The van der Waals surface area contributed by atoms with Gasteiger partial charge in [0, 0.05) is 13.1 Å². The second-order valence-corrected chi connectivity index (χ2v) is 8.35. The molecule has 0 radical (unpaired) electrons. The predicted molar refractivity (Wildman–Crippen MR) is 112 cm³/mol. The van der Waals surface area contributed by atoms with Gasteiger partial charge in [-0.3, -0.25) is 4.79 Å². The summed E-state index contributed by atoms with van der Waals surface area (Å²) in [7, 11) is -2.21. The zero-order chi connectivity index (χ0) is 21.4. The van der Waals surface area contributed by atoms with E-state index in [2.05, 4.69) is 5.32 Å². The molecule has 0 bridgehead atoms. The van der Waals surface area contributed by atoms with Gasteiger partial charge in [0.2, 0.25) is 15.9 Å². The molecule has 1 amide bonds. The first kappa shape index (κ1) is 22.7. The van der Waals surface area contributed by atoms with E-state index in [0.717, 1.165) is 21.2 Å². The second kappa shape index (κ2) is 10.3. The van der Waals surface area contributed by atoms with Gasteiger partial charge in [-0.2, -0.15) is 4.31 Å². The number of carbonyl (C=O) groups excluding carboxylic acids is 1. The van der Waals surface area contributed by atoms with E-state index in [1.165, 1.54) is 6.07 Å². The van der Waals surface area contributed by atoms with Gasteiger partial charge in [-0.25, -0.2) is 8.42 Å². The van der Waals surface area contributed by atoms with Gasteiger partial charge >= 0.3 is 0 Å². The quantitative estimate of drug-likeness (QED) is 0.639. The van der Waals surface area contributed by atoms with Gasteiger partial charge in [-0.1, -0.05) is 19.1 Å². The maximum absolute atomic E-state index is 13.0. The molecule has 0 saturated carbocycles. The van der Waals surface area contributed by atoms with E-state index in [1.807, 2.05) is 19.1 Å². The molecule has 0 aliphatic rings. The van der Waals surface area contributed by atoms with Crippen molar-refractivity contribution in [1.82, 2.24) is 9.62 Å². The van der Waals surface area contributed by atoms with E-state index < -0.39 is 10.0 Å². The summed E-state index contributed by atoms with van der Waals surface area (Å²) in [6.07, 6.45) is 0. The molecule has 0 spiro atoms. The maximum Gasteiger partial charge on any atom is 0.243 e.